The SMILES string of the molecule is CC1OC(O)(CO)C(C(O)CO)OC1(O)CO.O=C(CO)C(O)C(O)CO. The van der Waals surface area contributed by atoms with Gasteiger partial charge in [-0.3, -0.25) is 4.79 Å². The van der Waals surface area contributed by atoms with Crippen molar-refractivity contribution in [1.82, 2.24) is 0 Å². The van der Waals surface area contributed by atoms with Crippen LogP contribution >= 0.6 is 0 Å². The second-order valence-corrected chi connectivity index (χ2v) is 5.87. The summed E-state index contributed by atoms with van der Waals surface area (Å²) < 4.78 is 9.92. The molecule has 7 unspecified atom stereocenters. The standard InChI is InChI=1S/C9H18O8.C5H10O5/c1-5-8(14,3-11)17-7(6(13)2-10)9(15,4-12)16-5;6-1-3(8)5(10)4(9)2-7/h5-7,10-15H,2-4H2,1H3;3,5-8,10H,1-2H2. The van der Waals surface area contributed by atoms with Crippen molar-refractivity contribution in [1.29, 1.82) is 0 Å². The highest BCUT2D eigenvalue weighted by atomic mass is 16.8. The molecule has 0 spiro atoms. The summed E-state index contributed by atoms with van der Waals surface area (Å²) in [5, 5.41) is 89.6. The van der Waals surface area contributed by atoms with Crippen molar-refractivity contribution < 1.29 is 65.3 Å². The van der Waals surface area contributed by atoms with Crippen LogP contribution < -0.4 is 0 Å². The Labute approximate surface area is 154 Å². The Morgan fingerprint density at radius 2 is 1.44 bits per heavy atom. The maximum absolute atomic E-state index is 10.3. The maximum atomic E-state index is 10.3. The lowest BCUT2D eigenvalue weighted by Crippen LogP contribution is -2.69. The number of carbonyl (C=O) groups is 1. The van der Waals surface area contributed by atoms with Gasteiger partial charge >= 0.3 is 0 Å². The van der Waals surface area contributed by atoms with Gasteiger partial charge < -0.3 is 60.5 Å². The summed E-state index contributed by atoms with van der Waals surface area (Å²) in [6, 6.07) is 0. The van der Waals surface area contributed by atoms with Crippen molar-refractivity contribution in [2.75, 3.05) is 33.0 Å². The number of hydrogen-bond acceptors (Lipinski definition) is 13. The summed E-state index contributed by atoms with van der Waals surface area (Å²) in [4.78, 5) is 10.3. The molecule has 0 aromatic heterocycles. The first kappa shape index (κ1) is 26.2. The normalized spacial score (nSPS) is 34.2. The Morgan fingerprint density at radius 1 is 0.926 bits per heavy atom. The van der Waals surface area contributed by atoms with E-state index in [1.165, 1.54) is 6.92 Å². The predicted molar refractivity (Wildman–Crippen MR) is 83.8 cm³/mol. The third-order valence-corrected chi connectivity index (χ3v) is 3.82. The van der Waals surface area contributed by atoms with E-state index in [-0.39, 0.29) is 0 Å². The highest BCUT2D eigenvalue weighted by Gasteiger charge is 2.56. The van der Waals surface area contributed by atoms with Gasteiger partial charge in [0, 0.05) is 0 Å². The molecule has 13 heteroatoms. The molecular weight excluding hydrogens is 376 g/mol. The summed E-state index contributed by atoms with van der Waals surface area (Å²) in [6.07, 6.45) is -7.50. The van der Waals surface area contributed by atoms with Crippen LogP contribution in [0.4, 0.5) is 0 Å². The van der Waals surface area contributed by atoms with E-state index in [9.17, 15) is 20.1 Å². The third-order valence-electron chi connectivity index (χ3n) is 3.82. The molecule has 0 aliphatic carbocycles. The Balaban J connectivity index is 0.000000580. The summed E-state index contributed by atoms with van der Waals surface area (Å²) in [6.45, 7) is -2.72. The number of hydrogen-bond donors (Lipinski definition) is 10. The predicted octanol–water partition coefficient (Wildman–Crippen LogP) is -6.23. The monoisotopic (exact) mass is 404 g/mol. The Bertz CT molecular complexity index is 449. The molecule has 162 valence electrons. The van der Waals surface area contributed by atoms with Gasteiger partial charge in [0.2, 0.25) is 11.6 Å². The van der Waals surface area contributed by atoms with Crippen molar-refractivity contribution in [2.45, 2.75) is 49.0 Å². The van der Waals surface area contributed by atoms with Crippen molar-refractivity contribution in [2.24, 2.45) is 0 Å². The van der Waals surface area contributed by atoms with Crippen LogP contribution in [0.3, 0.4) is 0 Å². The number of ketones is 1. The van der Waals surface area contributed by atoms with Crippen LogP contribution in [0.15, 0.2) is 0 Å². The first-order valence-corrected chi connectivity index (χ1v) is 7.87. The molecule has 0 aromatic carbocycles. The first-order valence-electron chi connectivity index (χ1n) is 7.87. The molecule has 27 heavy (non-hydrogen) atoms. The number of rotatable bonds is 8. The van der Waals surface area contributed by atoms with Gasteiger partial charge in [0.25, 0.3) is 0 Å². The number of aliphatic hydroxyl groups excluding tert-OH is 8. The van der Waals surface area contributed by atoms with Gasteiger partial charge in [-0.2, -0.15) is 0 Å². The maximum Gasteiger partial charge on any atom is 0.219 e. The molecule has 7 atom stereocenters. The molecule has 1 fully saturated rings. The van der Waals surface area contributed by atoms with Gasteiger partial charge in [-0.1, -0.05) is 0 Å². The lowest BCUT2D eigenvalue weighted by atomic mass is 10.00. The van der Waals surface area contributed by atoms with Crippen LogP contribution in [0.1, 0.15) is 6.92 Å². The Morgan fingerprint density at radius 3 is 1.81 bits per heavy atom. The quantitative estimate of drug-likeness (QED) is 0.181. The molecule has 0 amide bonds. The molecule has 0 radical (unpaired) electrons. The minimum Gasteiger partial charge on any atom is -0.394 e. The minimum atomic E-state index is -2.26. The van der Waals surface area contributed by atoms with E-state index in [4.69, 9.17) is 45.2 Å². The molecular formula is C14H28O13. The zero-order chi connectivity index (χ0) is 21.4. The first-order chi connectivity index (χ1) is 12.5. The molecule has 1 rings (SSSR count). The molecule has 1 heterocycles. The smallest absolute Gasteiger partial charge is 0.219 e. The fraction of sp³-hybridized carbons (Fsp3) is 0.929. The number of aliphatic hydroxyl groups is 10. The fourth-order valence-electron chi connectivity index (χ4n) is 2.05. The van der Waals surface area contributed by atoms with Crippen LogP contribution in [0.5, 0.6) is 0 Å². The van der Waals surface area contributed by atoms with E-state index >= 15 is 0 Å². The van der Waals surface area contributed by atoms with E-state index in [1.807, 2.05) is 0 Å². The molecule has 0 bridgehead atoms. The van der Waals surface area contributed by atoms with Gasteiger partial charge in [0.1, 0.15) is 37.1 Å². The molecule has 0 aromatic rings. The second kappa shape index (κ2) is 11.3. The van der Waals surface area contributed by atoms with E-state index in [2.05, 4.69) is 0 Å². The van der Waals surface area contributed by atoms with Gasteiger partial charge in [0.05, 0.1) is 26.4 Å². The number of carbonyl (C=O) groups excluding carboxylic acids is 1. The average Bonchev–Trinajstić information content (AvgIpc) is 2.68. The molecule has 0 saturated carbocycles. The van der Waals surface area contributed by atoms with Crippen LogP contribution in [0.2, 0.25) is 0 Å². The van der Waals surface area contributed by atoms with Crippen molar-refractivity contribution in [3.8, 4) is 0 Å². The minimum absolute atomic E-state index is 0.701. The highest BCUT2D eigenvalue weighted by molar-refractivity contribution is 5.84. The molecule has 13 nitrogen and oxygen atoms in total. The van der Waals surface area contributed by atoms with Crippen LogP contribution in [-0.4, -0.2) is 132 Å². The summed E-state index contributed by atoms with van der Waals surface area (Å²) >= 11 is 0. The largest absolute Gasteiger partial charge is 0.394 e. The summed E-state index contributed by atoms with van der Waals surface area (Å²) in [5.74, 6) is -5.29. The number of Topliss-reactive ketones (excluding diaryl/α,β-unsaturated/α-hetero) is 1. The van der Waals surface area contributed by atoms with Gasteiger partial charge in [0.15, 0.2) is 5.78 Å². The topological polar surface area (TPSA) is 238 Å². The van der Waals surface area contributed by atoms with E-state index in [1.54, 1.807) is 0 Å². The van der Waals surface area contributed by atoms with Gasteiger partial charge in [-0.15, -0.1) is 0 Å². The van der Waals surface area contributed by atoms with E-state index < -0.39 is 80.9 Å². The lowest BCUT2D eigenvalue weighted by Gasteiger charge is -2.49. The number of ether oxygens (including phenoxy) is 2. The Kier molecular flexibility index (Phi) is 10.9. The zero-order valence-corrected chi connectivity index (χ0v) is 14.6. The van der Waals surface area contributed by atoms with Crippen molar-refractivity contribution in [3.63, 3.8) is 0 Å². The van der Waals surface area contributed by atoms with Gasteiger partial charge in [-0.05, 0) is 6.92 Å². The average molecular weight is 404 g/mol. The summed E-state index contributed by atoms with van der Waals surface area (Å²) in [7, 11) is 0. The molecule has 1 aliphatic rings. The summed E-state index contributed by atoms with van der Waals surface area (Å²) in [5.41, 5.74) is 0. The highest BCUT2D eigenvalue weighted by Crippen LogP contribution is 2.34. The third kappa shape index (κ3) is 6.63. The van der Waals surface area contributed by atoms with Crippen LogP contribution in [0.25, 0.3) is 0 Å². The van der Waals surface area contributed by atoms with Crippen molar-refractivity contribution in [3.05, 3.63) is 0 Å². The lowest BCUT2D eigenvalue weighted by molar-refractivity contribution is -0.440. The Hall–Kier alpha value is -0.810. The van der Waals surface area contributed by atoms with Crippen LogP contribution in [-0.2, 0) is 14.3 Å². The van der Waals surface area contributed by atoms with Gasteiger partial charge in [-0.25, -0.2) is 0 Å². The zero-order valence-electron chi connectivity index (χ0n) is 14.6. The molecule has 1 saturated heterocycles. The van der Waals surface area contributed by atoms with E-state index in [0.717, 1.165) is 0 Å². The van der Waals surface area contributed by atoms with Crippen LogP contribution in [0, 0.1) is 0 Å². The fourth-order valence-corrected chi connectivity index (χ4v) is 2.05. The van der Waals surface area contributed by atoms with Crippen molar-refractivity contribution >= 4 is 5.78 Å². The molecule has 1 aliphatic heterocycles. The molecule has 10 N–H and O–H groups in total. The van der Waals surface area contributed by atoms with E-state index in [0.29, 0.717) is 0 Å². The second-order valence-electron chi connectivity index (χ2n) is 5.87.